The molecule has 0 fully saturated rings. The molecule has 0 unspecified atom stereocenters. The molecule has 2 heterocycles. The number of hydrogen-bond donors (Lipinski definition) is 0. The van der Waals surface area contributed by atoms with E-state index in [1.165, 1.54) is 5.56 Å². The Morgan fingerprint density at radius 2 is 1.74 bits per heavy atom. The number of pyridine rings is 1. The quantitative estimate of drug-likeness (QED) is 0.804. The van der Waals surface area contributed by atoms with Crippen LogP contribution in [0.1, 0.15) is 17.7 Å². The van der Waals surface area contributed by atoms with E-state index in [-0.39, 0.29) is 0 Å². The van der Waals surface area contributed by atoms with Gasteiger partial charge >= 0.3 is 0 Å². The molecule has 2 heteroatoms. The van der Waals surface area contributed by atoms with Crippen molar-refractivity contribution in [2.75, 3.05) is 0 Å². The summed E-state index contributed by atoms with van der Waals surface area (Å²) in [5.74, 6) is 0. The molecule has 0 saturated carbocycles. The molecule has 0 bridgehead atoms. The van der Waals surface area contributed by atoms with Gasteiger partial charge in [-0.25, -0.2) is 0 Å². The van der Waals surface area contributed by atoms with Crippen LogP contribution in [0.2, 0.25) is 0 Å². The number of rotatable bonds is 3. The van der Waals surface area contributed by atoms with E-state index in [1.807, 2.05) is 48.6 Å². The highest BCUT2D eigenvalue weighted by Gasteiger charge is 2.07. The maximum Gasteiger partial charge on any atom is 0.0669 e. The molecule has 1 aliphatic rings. The Morgan fingerprint density at radius 3 is 2.53 bits per heavy atom. The van der Waals surface area contributed by atoms with Crippen LogP contribution in [0, 0.1) is 0 Å². The molecule has 3 rings (SSSR count). The first kappa shape index (κ1) is 11.6. The van der Waals surface area contributed by atoms with Gasteiger partial charge in [0, 0.05) is 18.3 Å². The highest BCUT2D eigenvalue weighted by atomic mass is 14.8. The topological polar surface area (TPSA) is 25.2 Å². The van der Waals surface area contributed by atoms with Crippen LogP contribution in [0.3, 0.4) is 0 Å². The van der Waals surface area contributed by atoms with Crippen molar-refractivity contribution in [3.05, 3.63) is 78.1 Å². The van der Waals surface area contributed by atoms with Gasteiger partial charge in [0.1, 0.15) is 0 Å². The monoisotopic (exact) mass is 246 g/mol. The van der Waals surface area contributed by atoms with Crippen LogP contribution in [-0.4, -0.2) is 10.7 Å². The van der Waals surface area contributed by atoms with Gasteiger partial charge in [0.2, 0.25) is 0 Å². The maximum atomic E-state index is 4.64. The molecule has 1 aromatic carbocycles. The molecule has 0 aliphatic carbocycles. The molecule has 0 amide bonds. The Labute approximate surface area is 112 Å². The summed E-state index contributed by atoms with van der Waals surface area (Å²) in [6.07, 6.45) is 8.88. The molecule has 1 aliphatic heterocycles. The number of hydrogen-bond acceptors (Lipinski definition) is 2. The minimum absolute atomic E-state index is 0.883. The first-order valence-corrected chi connectivity index (χ1v) is 6.34. The minimum atomic E-state index is 0.883. The van der Waals surface area contributed by atoms with E-state index in [4.69, 9.17) is 0 Å². The zero-order valence-corrected chi connectivity index (χ0v) is 10.5. The fourth-order valence-corrected chi connectivity index (χ4v) is 2.00. The summed E-state index contributed by atoms with van der Waals surface area (Å²) >= 11 is 0. The van der Waals surface area contributed by atoms with Gasteiger partial charge in [-0.1, -0.05) is 42.5 Å². The van der Waals surface area contributed by atoms with Gasteiger partial charge in [0.15, 0.2) is 0 Å². The largest absolute Gasteiger partial charge is 0.257 e. The molecule has 0 N–H and O–H groups in total. The van der Waals surface area contributed by atoms with Crippen molar-refractivity contribution >= 4 is 17.5 Å². The second-order valence-electron chi connectivity index (χ2n) is 4.35. The van der Waals surface area contributed by atoms with Crippen LogP contribution in [0.5, 0.6) is 0 Å². The fraction of sp³-hybridized carbons (Fsp3) is 0.0588. The fourth-order valence-electron chi connectivity index (χ4n) is 2.00. The Hall–Kier alpha value is -2.48. The van der Waals surface area contributed by atoms with E-state index in [9.17, 15) is 0 Å². The van der Waals surface area contributed by atoms with Gasteiger partial charge < -0.3 is 0 Å². The van der Waals surface area contributed by atoms with Crippen molar-refractivity contribution in [3.8, 4) is 0 Å². The summed E-state index contributed by atoms with van der Waals surface area (Å²) < 4.78 is 0. The Bertz CT molecular complexity index is 637. The van der Waals surface area contributed by atoms with Crippen molar-refractivity contribution < 1.29 is 0 Å². The first-order valence-electron chi connectivity index (χ1n) is 6.34. The smallest absolute Gasteiger partial charge is 0.0669 e. The Kier molecular flexibility index (Phi) is 3.32. The number of aromatic nitrogens is 1. The summed E-state index contributed by atoms with van der Waals surface area (Å²) in [5, 5.41) is 0. The van der Waals surface area contributed by atoms with Crippen LogP contribution >= 0.6 is 0 Å². The van der Waals surface area contributed by atoms with E-state index in [1.54, 1.807) is 6.20 Å². The predicted molar refractivity (Wildman–Crippen MR) is 79.7 cm³/mol. The van der Waals surface area contributed by atoms with E-state index < -0.39 is 0 Å². The average molecular weight is 246 g/mol. The van der Waals surface area contributed by atoms with Crippen molar-refractivity contribution in [1.82, 2.24) is 4.98 Å². The third-order valence-corrected chi connectivity index (χ3v) is 2.97. The molecular weight excluding hydrogens is 232 g/mol. The number of aliphatic imine (C=N–C) groups is 1. The summed E-state index contributed by atoms with van der Waals surface area (Å²) in [4.78, 5) is 8.89. The standard InChI is InChI=1S/C17H14N2/c1-2-6-14(7-3-1)17-12-11-16(19-17)10-9-15-8-4-5-13-18-15/h1-10,12-13H,11H2. The first-order chi connectivity index (χ1) is 9.42. The van der Waals surface area contributed by atoms with E-state index in [0.717, 1.165) is 23.5 Å². The molecule has 0 spiro atoms. The van der Waals surface area contributed by atoms with Crippen LogP contribution in [0.4, 0.5) is 0 Å². The van der Waals surface area contributed by atoms with Crippen molar-refractivity contribution in [2.45, 2.75) is 6.42 Å². The third kappa shape index (κ3) is 2.86. The number of nitrogens with zero attached hydrogens (tertiary/aromatic N) is 2. The van der Waals surface area contributed by atoms with Gasteiger partial charge in [-0.3, -0.25) is 9.98 Å². The van der Waals surface area contributed by atoms with Gasteiger partial charge in [0.25, 0.3) is 0 Å². The van der Waals surface area contributed by atoms with Gasteiger partial charge in [-0.2, -0.15) is 0 Å². The van der Waals surface area contributed by atoms with Crippen LogP contribution in [0.15, 0.2) is 71.9 Å². The molecule has 2 aromatic rings. The SMILES string of the molecule is C(=Cc1ccccn1)C1=NC(c2ccccc2)=CC1. The van der Waals surface area contributed by atoms with E-state index in [0.29, 0.717) is 0 Å². The predicted octanol–water partition coefficient (Wildman–Crippen LogP) is 3.98. The highest BCUT2D eigenvalue weighted by Crippen LogP contribution is 2.22. The molecule has 0 saturated heterocycles. The van der Waals surface area contributed by atoms with Crippen molar-refractivity contribution in [1.29, 1.82) is 0 Å². The molecule has 1 aromatic heterocycles. The van der Waals surface area contributed by atoms with E-state index >= 15 is 0 Å². The Morgan fingerprint density at radius 1 is 0.895 bits per heavy atom. The summed E-state index contributed by atoms with van der Waals surface area (Å²) in [6, 6.07) is 16.1. The zero-order valence-electron chi connectivity index (χ0n) is 10.5. The second kappa shape index (κ2) is 5.44. The number of allylic oxidation sites excluding steroid dienone is 2. The molecule has 0 atom stereocenters. The van der Waals surface area contributed by atoms with Crippen LogP contribution in [0.25, 0.3) is 11.8 Å². The van der Waals surface area contributed by atoms with Gasteiger partial charge in [-0.05, 0) is 29.8 Å². The van der Waals surface area contributed by atoms with Gasteiger partial charge in [-0.15, -0.1) is 0 Å². The number of benzene rings is 1. The van der Waals surface area contributed by atoms with Crippen LogP contribution < -0.4 is 0 Å². The lowest BCUT2D eigenvalue weighted by atomic mass is 10.1. The van der Waals surface area contributed by atoms with Crippen molar-refractivity contribution in [3.63, 3.8) is 0 Å². The lowest BCUT2D eigenvalue weighted by molar-refractivity contribution is 1.30. The molecule has 92 valence electrons. The maximum absolute atomic E-state index is 4.64. The van der Waals surface area contributed by atoms with E-state index in [2.05, 4.69) is 28.2 Å². The molecule has 19 heavy (non-hydrogen) atoms. The lowest BCUT2D eigenvalue weighted by Gasteiger charge is -1.97. The lowest BCUT2D eigenvalue weighted by Crippen LogP contribution is -1.86. The normalized spacial score (nSPS) is 14.5. The zero-order chi connectivity index (χ0) is 12.9. The Balaban J connectivity index is 1.74. The van der Waals surface area contributed by atoms with Gasteiger partial charge in [0.05, 0.1) is 11.4 Å². The van der Waals surface area contributed by atoms with Crippen molar-refractivity contribution in [2.24, 2.45) is 4.99 Å². The molecular formula is C17H14N2. The molecule has 0 radical (unpaired) electrons. The highest BCUT2D eigenvalue weighted by molar-refractivity contribution is 6.05. The summed E-state index contributed by atoms with van der Waals surface area (Å²) in [6.45, 7) is 0. The third-order valence-electron chi connectivity index (χ3n) is 2.97. The summed E-state index contributed by atoms with van der Waals surface area (Å²) in [5.41, 5.74) is 4.26. The van der Waals surface area contributed by atoms with Crippen LogP contribution in [-0.2, 0) is 0 Å². The summed E-state index contributed by atoms with van der Waals surface area (Å²) in [7, 11) is 0. The molecule has 2 nitrogen and oxygen atoms in total. The second-order valence-corrected chi connectivity index (χ2v) is 4.35. The minimum Gasteiger partial charge on any atom is -0.257 e. The average Bonchev–Trinajstić information content (AvgIpc) is 2.96.